The van der Waals surface area contributed by atoms with Gasteiger partial charge in [-0.05, 0) is 25.1 Å². The molecule has 98 valence electrons. The largest absolute Gasteiger partial charge is 0.383 e. The SMILES string of the molecule is CCc1ccc(C(CN)N(CC)CCOC)s1. The van der Waals surface area contributed by atoms with Gasteiger partial charge in [-0.25, -0.2) is 0 Å². The lowest BCUT2D eigenvalue weighted by molar-refractivity contribution is 0.127. The highest BCUT2D eigenvalue weighted by molar-refractivity contribution is 7.12. The lowest BCUT2D eigenvalue weighted by atomic mass is 10.2. The molecule has 4 heteroatoms. The van der Waals surface area contributed by atoms with Gasteiger partial charge in [0.05, 0.1) is 12.6 Å². The molecule has 1 aromatic heterocycles. The van der Waals surface area contributed by atoms with Gasteiger partial charge in [0.15, 0.2) is 0 Å². The summed E-state index contributed by atoms with van der Waals surface area (Å²) in [6.45, 7) is 7.73. The Labute approximate surface area is 109 Å². The fourth-order valence-electron chi connectivity index (χ4n) is 1.95. The summed E-state index contributed by atoms with van der Waals surface area (Å²) in [6, 6.07) is 4.77. The van der Waals surface area contributed by atoms with Gasteiger partial charge in [-0.1, -0.05) is 13.8 Å². The van der Waals surface area contributed by atoms with Crippen LogP contribution in [0.5, 0.6) is 0 Å². The van der Waals surface area contributed by atoms with E-state index in [4.69, 9.17) is 10.5 Å². The quantitative estimate of drug-likeness (QED) is 0.775. The van der Waals surface area contributed by atoms with E-state index in [9.17, 15) is 0 Å². The van der Waals surface area contributed by atoms with E-state index in [0.29, 0.717) is 12.6 Å². The molecule has 0 bridgehead atoms. The van der Waals surface area contributed by atoms with E-state index in [-0.39, 0.29) is 0 Å². The van der Waals surface area contributed by atoms with Crippen LogP contribution in [0.25, 0.3) is 0 Å². The Kier molecular flexibility index (Phi) is 6.73. The third-order valence-electron chi connectivity index (χ3n) is 3.01. The molecular formula is C13H24N2OS. The fourth-order valence-corrected chi connectivity index (χ4v) is 3.05. The molecule has 0 amide bonds. The molecule has 0 fully saturated rings. The average Bonchev–Trinajstić information content (AvgIpc) is 2.82. The number of aryl methyl sites for hydroxylation is 1. The minimum Gasteiger partial charge on any atom is -0.383 e. The van der Waals surface area contributed by atoms with Crippen molar-refractivity contribution in [1.82, 2.24) is 4.90 Å². The first-order valence-corrected chi connectivity index (χ1v) is 7.10. The van der Waals surface area contributed by atoms with E-state index in [1.54, 1.807) is 7.11 Å². The second-order valence-corrected chi connectivity index (χ2v) is 5.23. The van der Waals surface area contributed by atoms with Crippen LogP contribution in [0.3, 0.4) is 0 Å². The molecular weight excluding hydrogens is 232 g/mol. The molecule has 0 aliphatic carbocycles. The zero-order valence-corrected chi connectivity index (χ0v) is 11.9. The van der Waals surface area contributed by atoms with Crippen molar-refractivity contribution >= 4 is 11.3 Å². The summed E-state index contributed by atoms with van der Waals surface area (Å²) in [5.41, 5.74) is 5.93. The molecule has 1 atom stereocenters. The summed E-state index contributed by atoms with van der Waals surface area (Å²) in [6.07, 6.45) is 1.10. The van der Waals surface area contributed by atoms with Crippen LogP contribution in [-0.2, 0) is 11.2 Å². The second kappa shape index (κ2) is 7.82. The van der Waals surface area contributed by atoms with E-state index in [1.165, 1.54) is 9.75 Å². The summed E-state index contributed by atoms with van der Waals surface area (Å²) >= 11 is 1.88. The fraction of sp³-hybridized carbons (Fsp3) is 0.692. The number of likely N-dealkylation sites (N-methyl/N-ethyl adjacent to an activating group) is 1. The Hall–Kier alpha value is -0.420. The van der Waals surface area contributed by atoms with Crippen LogP contribution in [0.2, 0.25) is 0 Å². The number of hydrogen-bond acceptors (Lipinski definition) is 4. The van der Waals surface area contributed by atoms with Gasteiger partial charge in [0, 0.05) is 30.0 Å². The first-order chi connectivity index (χ1) is 8.26. The molecule has 0 saturated heterocycles. The summed E-state index contributed by atoms with van der Waals surface area (Å²) in [7, 11) is 1.74. The van der Waals surface area contributed by atoms with Gasteiger partial charge in [0.1, 0.15) is 0 Å². The van der Waals surface area contributed by atoms with Crippen LogP contribution < -0.4 is 5.73 Å². The third kappa shape index (κ3) is 4.07. The summed E-state index contributed by atoms with van der Waals surface area (Å²) in [5, 5.41) is 0. The van der Waals surface area contributed by atoms with Crippen molar-refractivity contribution in [2.45, 2.75) is 26.3 Å². The minimum absolute atomic E-state index is 0.334. The highest BCUT2D eigenvalue weighted by Gasteiger charge is 2.18. The van der Waals surface area contributed by atoms with Gasteiger partial charge in [0.25, 0.3) is 0 Å². The van der Waals surface area contributed by atoms with Gasteiger partial charge < -0.3 is 10.5 Å². The Balaban J connectivity index is 2.73. The van der Waals surface area contributed by atoms with E-state index < -0.39 is 0 Å². The van der Waals surface area contributed by atoms with Crippen molar-refractivity contribution in [3.63, 3.8) is 0 Å². The minimum atomic E-state index is 0.334. The summed E-state index contributed by atoms with van der Waals surface area (Å²) in [5.74, 6) is 0. The van der Waals surface area contributed by atoms with Crippen LogP contribution in [0.4, 0.5) is 0 Å². The van der Waals surface area contributed by atoms with Gasteiger partial charge in [-0.2, -0.15) is 0 Å². The molecule has 0 radical (unpaired) electrons. The van der Waals surface area contributed by atoms with Crippen molar-refractivity contribution in [3.8, 4) is 0 Å². The van der Waals surface area contributed by atoms with E-state index in [0.717, 1.165) is 26.1 Å². The Morgan fingerprint density at radius 2 is 2.18 bits per heavy atom. The summed E-state index contributed by atoms with van der Waals surface area (Å²) in [4.78, 5) is 5.19. The predicted octanol–water partition coefficient (Wildman–Crippen LogP) is 2.28. The van der Waals surface area contributed by atoms with Crippen LogP contribution in [0.15, 0.2) is 12.1 Å². The Morgan fingerprint density at radius 1 is 1.41 bits per heavy atom. The maximum absolute atomic E-state index is 5.93. The van der Waals surface area contributed by atoms with Crippen LogP contribution in [0.1, 0.15) is 29.6 Å². The lowest BCUT2D eigenvalue weighted by Crippen LogP contribution is -2.35. The number of rotatable bonds is 8. The zero-order chi connectivity index (χ0) is 12.7. The van der Waals surface area contributed by atoms with Gasteiger partial charge in [-0.15, -0.1) is 11.3 Å². The number of nitrogens with two attached hydrogens (primary N) is 1. The topological polar surface area (TPSA) is 38.5 Å². The highest BCUT2D eigenvalue weighted by Crippen LogP contribution is 2.27. The Bertz CT molecular complexity index is 314. The van der Waals surface area contributed by atoms with Gasteiger partial charge in [-0.3, -0.25) is 4.90 Å². The van der Waals surface area contributed by atoms with E-state index in [2.05, 4.69) is 30.9 Å². The third-order valence-corrected chi connectivity index (χ3v) is 4.34. The first kappa shape index (κ1) is 14.6. The molecule has 1 rings (SSSR count). The molecule has 0 aliphatic rings. The maximum Gasteiger partial charge on any atom is 0.0589 e. The highest BCUT2D eigenvalue weighted by atomic mass is 32.1. The van der Waals surface area contributed by atoms with E-state index in [1.807, 2.05) is 11.3 Å². The molecule has 2 N–H and O–H groups in total. The first-order valence-electron chi connectivity index (χ1n) is 6.28. The number of hydrogen-bond donors (Lipinski definition) is 1. The zero-order valence-electron chi connectivity index (χ0n) is 11.1. The molecule has 3 nitrogen and oxygen atoms in total. The number of ether oxygens (including phenoxy) is 1. The normalized spacial score (nSPS) is 13.2. The number of methoxy groups -OCH3 is 1. The van der Waals surface area contributed by atoms with Crippen molar-refractivity contribution in [2.75, 3.05) is 33.4 Å². The number of thiophene rings is 1. The maximum atomic E-state index is 5.93. The van der Waals surface area contributed by atoms with Crippen molar-refractivity contribution in [3.05, 3.63) is 21.9 Å². The van der Waals surface area contributed by atoms with Crippen molar-refractivity contribution < 1.29 is 4.74 Å². The molecule has 17 heavy (non-hydrogen) atoms. The predicted molar refractivity (Wildman–Crippen MR) is 74.6 cm³/mol. The molecule has 1 aromatic rings. The second-order valence-electron chi connectivity index (χ2n) is 4.03. The van der Waals surface area contributed by atoms with Gasteiger partial charge >= 0.3 is 0 Å². The summed E-state index contributed by atoms with van der Waals surface area (Å²) < 4.78 is 5.15. The standard InChI is InChI=1S/C13H24N2OS/c1-4-11-6-7-13(17-11)12(10-14)15(5-2)8-9-16-3/h6-7,12H,4-5,8-10,14H2,1-3H3. The van der Waals surface area contributed by atoms with Crippen LogP contribution in [-0.4, -0.2) is 38.3 Å². The van der Waals surface area contributed by atoms with Crippen molar-refractivity contribution in [1.29, 1.82) is 0 Å². The monoisotopic (exact) mass is 256 g/mol. The molecule has 0 spiro atoms. The number of nitrogens with zero attached hydrogens (tertiary/aromatic N) is 1. The van der Waals surface area contributed by atoms with Crippen LogP contribution in [0, 0.1) is 0 Å². The molecule has 0 saturated carbocycles. The van der Waals surface area contributed by atoms with E-state index >= 15 is 0 Å². The lowest BCUT2D eigenvalue weighted by Gasteiger charge is -2.28. The smallest absolute Gasteiger partial charge is 0.0589 e. The molecule has 0 aromatic carbocycles. The van der Waals surface area contributed by atoms with Gasteiger partial charge in [0.2, 0.25) is 0 Å². The Morgan fingerprint density at radius 3 is 2.65 bits per heavy atom. The van der Waals surface area contributed by atoms with Crippen molar-refractivity contribution in [2.24, 2.45) is 5.73 Å². The average molecular weight is 256 g/mol. The van der Waals surface area contributed by atoms with Crippen LogP contribution >= 0.6 is 11.3 Å². The molecule has 1 unspecified atom stereocenters. The molecule has 1 heterocycles. The molecule has 0 aliphatic heterocycles.